The van der Waals surface area contributed by atoms with Gasteiger partial charge >= 0.3 is 0 Å². The van der Waals surface area contributed by atoms with Crippen LogP contribution in [-0.2, 0) is 4.79 Å². The van der Waals surface area contributed by atoms with Crippen molar-refractivity contribution in [1.82, 2.24) is 5.32 Å². The number of nitrogens with zero attached hydrogens (tertiary/aromatic N) is 1. The number of carbonyl (C=O) groups is 1. The molecule has 4 nitrogen and oxygen atoms in total. The minimum absolute atomic E-state index is 0.280. The molecule has 5 heteroatoms. The summed E-state index contributed by atoms with van der Waals surface area (Å²) in [4.78, 5) is 12.9. The Bertz CT molecular complexity index is 353. The van der Waals surface area contributed by atoms with Gasteiger partial charge in [-0.25, -0.2) is 4.39 Å². The van der Waals surface area contributed by atoms with Gasteiger partial charge in [-0.15, -0.1) is 0 Å². The van der Waals surface area contributed by atoms with Crippen LogP contribution in [0.25, 0.3) is 0 Å². The molecule has 0 aliphatic carbocycles. The van der Waals surface area contributed by atoms with Crippen molar-refractivity contribution < 1.29 is 9.18 Å². The Morgan fingerprint density at radius 3 is 2.50 bits per heavy atom. The van der Waals surface area contributed by atoms with Gasteiger partial charge in [-0.1, -0.05) is 0 Å². The van der Waals surface area contributed by atoms with E-state index in [2.05, 4.69) is 5.32 Å². The van der Waals surface area contributed by atoms with Gasteiger partial charge in [0, 0.05) is 19.3 Å². The average Bonchev–Trinajstić information content (AvgIpc) is 2.26. The summed E-state index contributed by atoms with van der Waals surface area (Å²) in [6.45, 7) is 0.442. The van der Waals surface area contributed by atoms with E-state index in [0.717, 1.165) is 5.69 Å². The highest BCUT2D eigenvalue weighted by Gasteiger charge is 2.15. The van der Waals surface area contributed by atoms with Crippen LogP contribution in [0.2, 0.25) is 0 Å². The molecule has 0 fully saturated rings. The van der Waals surface area contributed by atoms with E-state index in [1.54, 1.807) is 19.2 Å². The minimum atomic E-state index is -0.421. The lowest BCUT2D eigenvalue weighted by atomic mass is 10.2. The molecule has 1 atom stereocenters. The van der Waals surface area contributed by atoms with Crippen LogP contribution in [0.4, 0.5) is 10.1 Å². The fourth-order valence-electron chi connectivity index (χ4n) is 1.40. The third kappa shape index (κ3) is 3.20. The van der Waals surface area contributed by atoms with E-state index < -0.39 is 11.9 Å². The molecule has 1 aromatic rings. The Balaban J connectivity index is 2.67. The summed E-state index contributed by atoms with van der Waals surface area (Å²) in [6.07, 6.45) is 0. The standard InChI is InChI=1S/C11H16FN3O/c1-14-10(11(13)16)7-15(2)9-5-3-8(12)4-6-9/h3-6,10,14H,7H2,1-2H3,(H2,13,16). The average molecular weight is 225 g/mol. The normalized spacial score (nSPS) is 12.2. The molecule has 16 heavy (non-hydrogen) atoms. The van der Waals surface area contributed by atoms with Crippen molar-refractivity contribution in [3.63, 3.8) is 0 Å². The Hall–Kier alpha value is -1.62. The molecule has 1 amide bonds. The lowest BCUT2D eigenvalue weighted by Gasteiger charge is -2.23. The Morgan fingerprint density at radius 2 is 2.06 bits per heavy atom. The number of nitrogens with two attached hydrogens (primary N) is 1. The number of benzene rings is 1. The van der Waals surface area contributed by atoms with Crippen LogP contribution in [0.5, 0.6) is 0 Å². The second kappa shape index (κ2) is 5.46. The maximum atomic E-state index is 12.7. The maximum Gasteiger partial charge on any atom is 0.236 e. The number of hydrogen-bond donors (Lipinski definition) is 2. The molecular formula is C11H16FN3O. The SMILES string of the molecule is CNC(CN(C)c1ccc(F)cc1)C(N)=O. The maximum absolute atomic E-state index is 12.7. The zero-order valence-electron chi connectivity index (χ0n) is 9.40. The van der Waals surface area contributed by atoms with E-state index in [9.17, 15) is 9.18 Å². The number of likely N-dealkylation sites (N-methyl/N-ethyl adjacent to an activating group) is 2. The molecular weight excluding hydrogens is 209 g/mol. The first-order valence-corrected chi connectivity index (χ1v) is 4.98. The van der Waals surface area contributed by atoms with Gasteiger partial charge in [0.2, 0.25) is 5.91 Å². The Morgan fingerprint density at radius 1 is 1.50 bits per heavy atom. The second-order valence-corrected chi connectivity index (χ2v) is 3.60. The van der Waals surface area contributed by atoms with Gasteiger partial charge in [0.25, 0.3) is 0 Å². The van der Waals surface area contributed by atoms with Crippen molar-refractivity contribution in [3.8, 4) is 0 Å². The molecule has 1 unspecified atom stereocenters. The van der Waals surface area contributed by atoms with E-state index in [-0.39, 0.29) is 5.82 Å². The first-order valence-electron chi connectivity index (χ1n) is 4.98. The van der Waals surface area contributed by atoms with Crippen LogP contribution in [0, 0.1) is 5.82 Å². The smallest absolute Gasteiger partial charge is 0.236 e. The fraction of sp³-hybridized carbons (Fsp3) is 0.364. The summed E-state index contributed by atoms with van der Waals surface area (Å²) in [5.74, 6) is -0.686. The van der Waals surface area contributed by atoms with E-state index >= 15 is 0 Å². The summed E-state index contributed by atoms with van der Waals surface area (Å²) in [5, 5.41) is 2.82. The molecule has 0 aliphatic heterocycles. The lowest BCUT2D eigenvalue weighted by molar-refractivity contribution is -0.119. The van der Waals surface area contributed by atoms with Crippen LogP contribution in [0.15, 0.2) is 24.3 Å². The van der Waals surface area contributed by atoms with Gasteiger partial charge in [0.05, 0.1) is 0 Å². The topological polar surface area (TPSA) is 58.4 Å². The monoisotopic (exact) mass is 225 g/mol. The first-order chi connectivity index (χ1) is 7.54. The van der Waals surface area contributed by atoms with Crippen molar-refractivity contribution in [2.45, 2.75) is 6.04 Å². The zero-order chi connectivity index (χ0) is 12.1. The van der Waals surface area contributed by atoms with E-state index in [4.69, 9.17) is 5.73 Å². The van der Waals surface area contributed by atoms with Gasteiger partial charge in [-0.2, -0.15) is 0 Å². The first kappa shape index (κ1) is 12.4. The number of nitrogens with one attached hydrogen (secondary N) is 1. The van der Waals surface area contributed by atoms with Gasteiger partial charge in [-0.05, 0) is 31.3 Å². The fourth-order valence-corrected chi connectivity index (χ4v) is 1.40. The summed E-state index contributed by atoms with van der Waals surface area (Å²) in [6, 6.07) is 5.65. The van der Waals surface area contributed by atoms with Crippen LogP contribution < -0.4 is 16.0 Å². The number of anilines is 1. The van der Waals surface area contributed by atoms with Gasteiger partial charge < -0.3 is 16.0 Å². The molecule has 0 aliphatic rings. The Kier molecular flexibility index (Phi) is 4.25. The van der Waals surface area contributed by atoms with Crippen molar-refractivity contribution in [2.24, 2.45) is 5.73 Å². The highest BCUT2D eigenvalue weighted by molar-refractivity contribution is 5.80. The van der Waals surface area contributed by atoms with E-state index in [1.807, 2.05) is 11.9 Å². The number of amides is 1. The molecule has 0 heterocycles. The second-order valence-electron chi connectivity index (χ2n) is 3.60. The molecule has 0 saturated carbocycles. The molecule has 1 rings (SSSR count). The van der Waals surface area contributed by atoms with Gasteiger partial charge in [0.1, 0.15) is 11.9 Å². The minimum Gasteiger partial charge on any atom is -0.372 e. The number of primary amides is 1. The van der Waals surface area contributed by atoms with Crippen LogP contribution in [0.1, 0.15) is 0 Å². The number of carbonyl (C=O) groups excluding carboxylic acids is 1. The van der Waals surface area contributed by atoms with E-state index in [1.165, 1.54) is 12.1 Å². The van der Waals surface area contributed by atoms with Gasteiger partial charge in [-0.3, -0.25) is 4.79 Å². The highest BCUT2D eigenvalue weighted by Crippen LogP contribution is 2.13. The van der Waals surface area contributed by atoms with E-state index in [0.29, 0.717) is 6.54 Å². The number of halogens is 1. The summed E-state index contributed by atoms with van der Waals surface area (Å²) in [5.41, 5.74) is 6.05. The summed E-state index contributed by atoms with van der Waals surface area (Å²) in [7, 11) is 3.49. The molecule has 1 aromatic carbocycles. The van der Waals surface area contributed by atoms with Gasteiger partial charge in [0.15, 0.2) is 0 Å². The molecule has 0 spiro atoms. The largest absolute Gasteiger partial charge is 0.372 e. The number of rotatable bonds is 5. The van der Waals surface area contributed by atoms with Crippen molar-refractivity contribution >= 4 is 11.6 Å². The number of hydrogen-bond acceptors (Lipinski definition) is 3. The van der Waals surface area contributed by atoms with Crippen LogP contribution in [-0.4, -0.2) is 32.6 Å². The predicted octanol–water partition coefficient (Wildman–Crippen LogP) is 0.335. The third-order valence-corrected chi connectivity index (χ3v) is 2.42. The third-order valence-electron chi connectivity index (χ3n) is 2.42. The molecule has 0 bridgehead atoms. The summed E-state index contributed by atoms with van der Waals surface area (Å²) < 4.78 is 12.7. The Labute approximate surface area is 94.2 Å². The quantitative estimate of drug-likeness (QED) is 0.759. The van der Waals surface area contributed by atoms with Crippen molar-refractivity contribution in [2.75, 3.05) is 25.5 Å². The zero-order valence-corrected chi connectivity index (χ0v) is 9.40. The summed E-state index contributed by atoms with van der Waals surface area (Å²) >= 11 is 0. The lowest BCUT2D eigenvalue weighted by Crippen LogP contribution is -2.46. The van der Waals surface area contributed by atoms with Crippen LogP contribution in [0.3, 0.4) is 0 Å². The van der Waals surface area contributed by atoms with Crippen LogP contribution >= 0.6 is 0 Å². The molecule has 3 N–H and O–H groups in total. The molecule has 0 radical (unpaired) electrons. The molecule has 88 valence electrons. The molecule has 0 saturated heterocycles. The van der Waals surface area contributed by atoms with Crippen molar-refractivity contribution in [1.29, 1.82) is 0 Å². The van der Waals surface area contributed by atoms with Crippen molar-refractivity contribution in [3.05, 3.63) is 30.1 Å². The highest BCUT2D eigenvalue weighted by atomic mass is 19.1. The molecule has 0 aromatic heterocycles. The predicted molar refractivity (Wildman–Crippen MR) is 61.7 cm³/mol.